The Morgan fingerprint density at radius 1 is 0.973 bits per heavy atom. The first kappa shape index (κ1) is 24.5. The summed E-state index contributed by atoms with van der Waals surface area (Å²) in [4.78, 5) is 36.6. The predicted molar refractivity (Wildman–Crippen MR) is 140 cm³/mol. The van der Waals surface area contributed by atoms with Crippen LogP contribution in [0.25, 0.3) is 0 Å². The maximum atomic E-state index is 14.0. The van der Waals surface area contributed by atoms with Gasteiger partial charge in [0.2, 0.25) is 5.91 Å². The van der Waals surface area contributed by atoms with E-state index in [-0.39, 0.29) is 11.8 Å². The highest BCUT2D eigenvalue weighted by atomic mass is 16.2. The van der Waals surface area contributed by atoms with E-state index in [9.17, 15) is 14.9 Å². The van der Waals surface area contributed by atoms with Crippen LogP contribution in [0.1, 0.15) is 39.9 Å². The number of nitrogens with one attached hydrogen (secondary N) is 1. The quantitative estimate of drug-likeness (QED) is 0.562. The fraction of sp³-hybridized carbons (Fsp3) is 0.357. The summed E-state index contributed by atoms with van der Waals surface area (Å²) in [6.07, 6.45) is 0. The van der Waals surface area contributed by atoms with Gasteiger partial charge in [-0.1, -0.05) is 48.5 Å². The van der Waals surface area contributed by atoms with Crippen molar-refractivity contribution in [1.29, 1.82) is 5.26 Å². The van der Waals surface area contributed by atoms with Crippen LogP contribution in [0.4, 0.5) is 5.82 Å². The predicted octanol–water partition coefficient (Wildman–Crippen LogP) is 2.54. The van der Waals surface area contributed by atoms with Gasteiger partial charge in [0, 0.05) is 59.3 Å². The van der Waals surface area contributed by atoms with E-state index in [1.165, 1.54) is 0 Å². The molecular weight excluding hydrogens is 466 g/mol. The Bertz CT molecular complexity index is 1320. The Hall–Kier alpha value is -4.16. The molecule has 2 aliphatic heterocycles. The molecule has 2 amide bonds. The Morgan fingerprint density at radius 2 is 1.70 bits per heavy atom. The number of fused-ring (bicyclic) bond motifs is 1. The van der Waals surface area contributed by atoms with Gasteiger partial charge >= 0.3 is 0 Å². The van der Waals surface area contributed by atoms with Crippen molar-refractivity contribution in [1.82, 2.24) is 24.3 Å². The van der Waals surface area contributed by atoms with Gasteiger partial charge in [-0.3, -0.25) is 14.5 Å². The second kappa shape index (κ2) is 10.8. The Balaban J connectivity index is 1.46. The number of anilines is 1. The van der Waals surface area contributed by atoms with E-state index in [4.69, 9.17) is 4.98 Å². The highest BCUT2D eigenvalue weighted by molar-refractivity contribution is 5.98. The van der Waals surface area contributed by atoms with Crippen LogP contribution in [-0.4, -0.2) is 75.3 Å². The largest absolute Gasteiger partial charge is 0.366 e. The topological polar surface area (TPSA) is 97.5 Å². The van der Waals surface area contributed by atoms with E-state index in [0.29, 0.717) is 62.9 Å². The molecule has 0 bridgehead atoms. The minimum atomic E-state index is -0.0937. The number of nitriles is 1. The molecule has 2 aliphatic rings. The molecule has 9 heteroatoms. The molecular formula is C28H31N7O2. The Morgan fingerprint density at radius 3 is 2.43 bits per heavy atom. The van der Waals surface area contributed by atoms with Gasteiger partial charge in [0.25, 0.3) is 5.91 Å². The summed E-state index contributed by atoms with van der Waals surface area (Å²) in [6.45, 7) is 7.10. The molecule has 3 aromatic rings. The van der Waals surface area contributed by atoms with Crippen LogP contribution in [0.2, 0.25) is 0 Å². The Kier molecular flexibility index (Phi) is 7.19. The van der Waals surface area contributed by atoms with Crippen LogP contribution < -0.4 is 5.32 Å². The number of nitrogens with zero attached hydrogens (tertiary/aromatic N) is 6. The van der Waals surface area contributed by atoms with Crippen molar-refractivity contribution in [3.05, 3.63) is 82.8 Å². The van der Waals surface area contributed by atoms with Crippen LogP contribution in [0.15, 0.2) is 54.6 Å². The van der Waals surface area contributed by atoms with Gasteiger partial charge in [-0.25, -0.2) is 4.98 Å². The second-order valence-corrected chi connectivity index (χ2v) is 9.50. The van der Waals surface area contributed by atoms with Crippen molar-refractivity contribution in [3.63, 3.8) is 0 Å². The molecule has 2 aromatic carbocycles. The number of imidazole rings is 1. The zero-order valence-electron chi connectivity index (χ0n) is 21.1. The van der Waals surface area contributed by atoms with E-state index in [0.717, 1.165) is 30.0 Å². The minimum Gasteiger partial charge on any atom is -0.366 e. The molecule has 0 unspecified atom stereocenters. The lowest BCUT2D eigenvalue weighted by Gasteiger charge is -2.34. The second-order valence-electron chi connectivity index (χ2n) is 9.50. The van der Waals surface area contributed by atoms with Gasteiger partial charge in [-0.2, -0.15) is 5.26 Å². The van der Waals surface area contributed by atoms with E-state index in [1.807, 2.05) is 45.9 Å². The maximum absolute atomic E-state index is 14.0. The van der Waals surface area contributed by atoms with Crippen LogP contribution in [0, 0.1) is 11.3 Å². The molecule has 1 fully saturated rings. The first-order valence-corrected chi connectivity index (χ1v) is 12.7. The fourth-order valence-electron chi connectivity index (χ4n) is 5.00. The highest BCUT2D eigenvalue weighted by Gasteiger charge is 2.31. The SMILES string of the molecule is CC(=O)N1CCN(Cc2nc3c(n2Cc2ccccc2)C(=O)N(Cc2ccccc2C#N)CCN3)CC1. The van der Waals surface area contributed by atoms with Gasteiger partial charge < -0.3 is 19.7 Å². The van der Waals surface area contributed by atoms with E-state index in [2.05, 4.69) is 28.4 Å². The van der Waals surface area contributed by atoms with Gasteiger partial charge in [-0.15, -0.1) is 0 Å². The van der Waals surface area contributed by atoms with Crippen LogP contribution in [0.5, 0.6) is 0 Å². The zero-order valence-corrected chi connectivity index (χ0v) is 21.1. The normalized spacial score (nSPS) is 16.1. The first-order valence-electron chi connectivity index (χ1n) is 12.7. The van der Waals surface area contributed by atoms with Crippen LogP contribution >= 0.6 is 0 Å². The van der Waals surface area contributed by atoms with Gasteiger partial charge in [0.1, 0.15) is 5.82 Å². The molecule has 1 saturated heterocycles. The number of aromatic nitrogens is 2. The van der Waals surface area contributed by atoms with E-state index < -0.39 is 0 Å². The number of hydrogen-bond donors (Lipinski definition) is 1. The number of benzene rings is 2. The summed E-state index contributed by atoms with van der Waals surface area (Å²) in [5, 5.41) is 12.9. The molecule has 3 heterocycles. The Labute approximate surface area is 216 Å². The average Bonchev–Trinajstić information content (AvgIpc) is 3.16. The molecule has 0 aliphatic carbocycles. The smallest absolute Gasteiger partial charge is 0.274 e. The maximum Gasteiger partial charge on any atom is 0.274 e. The minimum absolute atomic E-state index is 0.0937. The third kappa shape index (κ3) is 5.34. The molecule has 9 nitrogen and oxygen atoms in total. The summed E-state index contributed by atoms with van der Waals surface area (Å²) in [7, 11) is 0. The van der Waals surface area contributed by atoms with Crippen molar-refractivity contribution >= 4 is 17.6 Å². The van der Waals surface area contributed by atoms with Crippen molar-refractivity contribution in [2.75, 3.05) is 44.6 Å². The summed E-state index contributed by atoms with van der Waals surface area (Å²) in [5.74, 6) is 1.44. The molecule has 5 rings (SSSR count). The van der Waals surface area contributed by atoms with Crippen molar-refractivity contribution in [3.8, 4) is 6.07 Å². The average molecular weight is 498 g/mol. The van der Waals surface area contributed by atoms with Crippen molar-refractivity contribution in [2.45, 2.75) is 26.6 Å². The number of amides is 2. The van der Waals surface area contributed by atoms with Crippen molar-refractivity contribution < 1.29 is 9.59 Å². The summed E-state index contributed by atoms with van der Waals surface area (Å²) in [6, 6.07) is 19.7. The third-order valence-corrected chi connectivity index (χ3v) is 7.08. The third-order valence-electron chi connectivity index (χ3n) is 7.08. The molecule has 0 radical (unpaired) electrons. The highest BCUT2D eigenvalue weighted by Crippen LogP contribution is 2.26. The van der Waals surface area contributed by atoms with E-state index >= 15 is 0 Å². The summed E-state index contributed by atoms with van der Waals surface area (Å²) >= 11 is 0. The molecule has 190 valence electrons. The van der Waals surface area contributed by atoms with Crippen LogP contribution in [-0.2, 0) is 24.4 Å². The zero-order chi connectivity index (χ0) is 25.8. The summed E-state index contributed by atoms with van der Waals surface area (Å²) in [5.41, 5.74) is 3.05. The van der Waals surface area contributed by atoms with Gasteiger partial charge in [-0.05, 0) is 17.2 Å². The van der Waals surface area contributed by atoms with Gasteiger partial charge in [0.05, 0.1) is 18.2 Å². The molecule has 37 heavy (non-hydrogen) atoms. The van der Waals surface area contributed by atoms with Gasteiger partial charge in [0.15, 0.2) is 11.5 Å². The lowest BCUT2D eigenvalue weighted by atomic mass is 10.1. The van der Waals surface area contributed by atoms with Crippen molar-refractivity contribution in [2.24, 2.45) is 0 Å². The van der Waals surface area contributed by atoms with Crippen LogP contribution in [0.3, 0.4) is 0 Å². The number of rotatable bonds is 6. The lowest BCUT2D eigenvalue weighted by Crippen LogP contribution is -2.47. The monoisotopic (exact) mass is 497 g/mol. The number of carbonyl (C=O) groups is 2. The molecule has 0 saturated carbocycles. The number of hydrogen-bond acceptors (Lipinski definition) is 6. The standard InChI is InChI=1S/C28H31N7O2/c1-21(36)33-15-13-32(14-16-33)20-25-31-27-26(35(25)18-22-7-3-2-4-8-22)28(37)34(12-11-30-27)19-24-10-6-5-9-23(24)17-29/h2-10,30H,11-16,18-20H2,1H3. The fourth-order valence-corrected chi connectivity index (χ4v) is 5.00. The molecule has 0 spiro atoms. The van der Waals surface area contributed by atoms with E-state index in [1.54, 1.807) is 17.9 Å². The number of piperazine rings is 1. The first-order chi connectivity index (χ1) is 18.0. The molecule has 1 N–H and O–H groups in total. The lowest BCUT2D eigenvalue weighted by molar-refractivity contribution is -0.130. The summed E-state index contributed by atoms with van der Waals surface area (Å²) < 4.78 is 2.03. The number of carbonyl (C=O) groups excluding carboxylic acids is 2. The molecule has 0 atom stereocenters. The molecule has 1 aromatic heterocycles.